The predicted molar refractivity (Wildman–Crippen MR) is 144 cm³/mol. The number of rotatable bonds is 6. The molecule has 0 saturated carbocycles. The molecule has 3 aromatic heterocycles. The quantitative estimate of drug-likeness (QED) is 0.219. The Morgan fingerprint density at radius 3 is 2.32 bits per heavy atom. The largest absolute Gasteiger partial charge is 0.416 e. The maximum Gasteiger partial charge on any atom is 0.416 e. The van der Waals surface area contributed by atoms with Crippen molar-refractivity contribution in [1.29, 1.82) is 0 Å². The Hall–Kier alpha value is -4.73. The van der Waals surface area contributed by atoms with Crippen LogP contribution >= 0.6 is 0 Å². The van der Waals surface area contributed by atoms with Crippen LogP contribution in [0.3, 0.4) is 0 Å². The number of benzene rings is 2. The van der Waals surface area contributed by atoms with E-state index in [1.807, 2.05) is 43.3 Å². The lowest BCUT2D eigenvalue weighted by Gasteiger charge is -2.18. The summed E-state index contributed by atoms with van der Waals surface area (Å²) >= 11 is 0. The number of halogens is 3. The van der Waals surface area contributed by atoms with Gasteiger partial charge in [0.2, 0.25) is 0 Å². The first-order valence-electron chi connectivity index (χ1n) is 11.8. The van der Waals surface area contributed by atoms with Crippen molar-refractivity contribution < 1.29 is 13.2 Å². The van der Waals surface area contributed by atoms with Gasteiger partial charge in [-0.1, -0.05) is 18.2 Å². The van der Waals surface area contributed by atoms with Gasteiger partial charge < -0.3 is 16.0 Å². The Balaban J connectivity index is 1.57. The van der Waals surface area contributed by atoms with Crippen LogP contribution in [0.5, 0.6) is 0 Å². The van der Waals surface area contributed by atoms with E-state index in [1.165, 1.54) is 12.4 Å². The van der Waals surface area contributed by atoms with Crippen LogP contribution in [0.25, 0.3) is 22.0 Å². The zero-order chi connectivity index (χ0) is 26.9. The van der Waals surface area contributed by atoms with Gasteiger partial charge in [0.15, 0.2) is 0 Å². The highest BCUT2D eigenvalue weighted by atomic mass is 19.4. The molecule has 0 aliphatic carbocycles. The molecular weight excluding hydrogens is 491 g/mol. The second kappa shape index (κ2) is 9.97. The number of nitrogens with one attached hydrogen (secondary N) is 3. The van der Waals surface area contributed by atoms with Crippen molar-refractivity contribution in [3.63, 3.8) is 0 Å². The summed E-state index contributed by atoms with van der Waals surface area (Å²) in [5, 5.41) is 11.2. The molecule has 0 aliphatic rings. The fourth-order valence-electron chi connectivity index (χ4n) is 4.16. The maximum absolute atomic E-state index is 13.3. The lowest BCUT2D eigenvalue weighted by molar-refractivity contribution is -0.137. The fraction of sp³-hybridized carbons (Fsp3) is 0.143. The van der Waals surface area contributed by atoms with E-state index in [1.54, 1.807) is 26.4 Å². The van der Waals surface area contributed by atoms with Crippen molar-refractivity contribution in [2.45, 2.75) is 20.0 Å². The van der Waals surface area contributed by atoms with Crippen molar-refractivity contribution in [3.05, 3.63) is 90.0 Å². The van der Waals surface area contributed by atoms with Crippen LogP contribution in [-0.4, -0.2) is 27.0 Å². The summed E-state index contributed by atoms with van der Waals surface area (Å²) < 4.78 is 40.0. The maximum atomic E-state index is 13.3. The molecule has 0 bridgehead atoms. The number of aryl methyl sites for hydroxylation is 2. The third-order valence-corrected chi connectivity index (χ3v) is 6.22. The molecule has 5 rings (SSSR count). The van der Waals surface area contributed by atoms with Gasteiger partial charge in [0.1, 0.15) is 23.8 Å². The standard InChI is InChI=1S/C28H24F3N7/c1-16-6-8-18(28(29,30)31)13-22(16)37-26-20-9-7-17(2)25(19(20)10-12-34-26)38-27-21(5-4-11-33-27)23-14-24(32-3)36-15-35-23/h4-15H,1-3H3,(H,33,38)(H,34,37)(H,32,35,36). The summed E-state index contributed by atoms with van der Waals surface area (Å²) in [6, 6.07) is 14.9. The first-order chi connectivity index (χ1) is 18.2. The summed E-state index contributed by atoms with van der Waals surface area (Å²) in [6.07, 6.45) is 0.363. The van der Waals surface area contributed by atoms with Crippen LogP contribution < -0.4 is 16.0 Å². The second-order valence-corrected chi connectivity index (χ2v) is 8.73. The van der Waals surface area contributed by atoms with E-state index in [9.17, 15) is 13.2 Å². The highest BCUT2D eigenvalue weighted by molar-refractivity contribution is 6.03. The summed E-state index contributed by atoms with van der Waals surface area (Å²) in [6.45, 7) is 3.72. The average molecular weight is 516 g/mol. The van der Waals surface area contributed by atoms with Gasteiger partial charge in [0.05, 0.1) is 16.9 Å². The van der Waals surface area contributed by atoms with Gasteiger partial charge >= 0.3 is 6.18 Å². The molecule has 3 heterocycles. The molecule has 0 amide bonds. The summed E-state index contributed by atoms with van der Waals surface area (Å²) in [4.78, 5) is 17.6. The molecule has 192 valence electrons. The molecule has 0 fully saturated rings. The van der Waals surface area contributed by atoms with E-state index < -0.39 is 11.7 Å². The minimum Gasteiger partial charge on any atom is -0.373 e. The molecule has 0 saturated heterocycles. The number of nitrogens with zero attached hydrogens (tertiary/aromatic N) is 4. The smallest absolute Gasteiger partial charge is 0.373 e. The Kier molecular flexibility index (Phi) is 6.54. The molecule has 5 aromatic rings. The third kappa shape index (κ3) is 4.93. The first kappa shape index (κ1) is 24.9. The lowest BCUT2D eigenvalue weighted by Crippen LogP contribution is -2.06. The molecule has 7 nitrogen and oxygen atoms in total. The van der Waals surface area contributed by atoms with E-state index in [-0.39, 0.29) is 0 Å². The Morgan fingerprint density at radius 2 is 1.53 bits per heavy atom. The van der Waals surface area contributed by atoms with Gasteiger partial charge in [-0.15, -0.1) is 0 Å². The van der Waals surface area contributed by atoms with Crippen LogP contribution in [0.15, 0.2) is 73.3 Å². The van der Waals surface area contributed by atoms with Crippen LogP contribution in [0.4, 0.5) is 42.0 Å². The van der Waals surface area contributed by atoms with Crippen molar-refractivity contribution in [2.24, 2.45) is 0 Å². The van der Waals surface area contributed by atoms with Gasteiger partial charge in [0.25, 0.3) is 0 Å². The van der Waals surface area contributed by atoms with Gasteiger partial charge in [-0.05, 0) is 55.3 Å². The van der Waals surface area contributed by atoms with Crippen LogP contribution in [0.2, 0.25) is 0 Å². The van der Waals surface area contributed by atoms with Crippen molar-refractivity contribution >= 4 is 39.6 Å². The Labute approximate surface area is 217 Å². The molecule has 3 N–H and O–H groups in total. The summed E-state index contributed by atoms with van der Waals surface area (Å²) in [5.74, 6) is 1.73. The minimum atomic E-state index is -4.44. The van der Waals surface area contributed by atoms with Crippen LogP contribution in [-0.2, 0) is 6.18 Å². The Bertz CT molecular complexity index is 1630. The van der Waals surface area contributed by atoms with Crippen molar-refractivity contribution in [1.82, 2.24) is 19.9 Å². The number of aromatic nitrogens is 4. The molecule has 0 spiro atoms. The monoisotopic (exact) mass is 515 g/mol. The number of alkyl halides is 3. The molecule has 38 heavy (non-hydrogen) atoms. The molecule has 2 aromatic carbocycles. The zero-order valence-electron chi connectivity index (χ0n) is 20.9. The predicted octanol–water partition coefficient (Wildman–Crippen LogP) is 7.25. The number of anilines is 5. The van der Waals surface area contributed by atoms with Gasteiger partial charge in [-0.3, -0.25) is 0 Å². The number of pyridine rings is 2. The zero-order valence-corrected chi connectivity index (χ0v) is 20.9. The van der Waals surface area contributed by atoms with E-state index in [2.05, 4.69) is 35.9 Å². The van der Waals surface area contributed by atoms with E-state index in [4.69, 9.17) is 0 Å². The second-order valence-electron chi connectivity index (χ2n) is 8.73. The number of hydrogen-bond donors (Lipinski definition) is 3. The average Bonchev–Trinajstić information content (AvgIpc) is 2.91. The minimum absolute atomic E-state index is 0.339. The van der Waals surface area contributed by atoms with Crippen LogP contribution in [0.1, 0.15) is 16.7 Å². The van der Waals surface area contributed by atoms with Crippen LogP contribution in [0, 0.1) is 13.8 Å². The van der Waals surface area contributed by atoms with E-state index >= 15 is 0 Å². The van der Waals surface area contributed by atoms with Crippen molar-refractivity contribution in [2.75, 3.05) is 23.0 Å². The molecular formula is C28H24F3N7. The summed E-state index contributed by atoms with van der Waals surface area (Å²) in [7, 11) is 1.79. The van der Waals surface area contributed by atoms with Crippen molar-refractivity contribution in [3.8, 4) is 11.3 Å². The highest BCUT2D eigenvalue weighted by Gasteiger charge is 2.31. The molecule has 0 unspecified atom stereocenters. The van der Waals surface area contributed by atoms with Gasteiger partial charge in [0, 0.05) is 47.5 Å². The van der Waals surface area contributed by atoms with E-state index in [0.29, 0.717) is 34.4 Å². The molecule has 0 aliphatic heterocycles. The fourth-order valence-corrected chi connectivity index (χ4v) is 4.16. The van der Waals surface area contributed by atoms with E-state index in [0.717, 1.165) is 39.7 Å². The molecule has 10 heteroatoms. The third-order valence-electron chi connectivity index (χ3n) is 6.22. The highest BCUT2D eigenvalue weighted by Crippen LogP contribution is 2.37. The lowest BCUT2D eigenvalue weighted by atomic mass is 10.0. The molecule has 0 radical (unpaired) electrons. The molecule has 0 atom stereocenters. The number of hydrogen-bond acceptors (Lipinski definition) is 7. The first-order valence-corrected chi connectivity index (χ1v) is 11.8. The Morgan fingerprint density at radius 1 is 0.737 bits per heavy atom. The van der Waals surface area contributed by atoms with Gasteiger partial charge in [-0.2, -0.15) is 13.2 Å². The summed E-state index contributed by atoms with van der Waals surface area (Å²) in [5.41, 5.74) is 3.53. The number of fused-ring (bicyclic) bond motifs is 1. The normalized spacial score (nSPS) is 11.4. The topological polar surface area (TPSA) is 87.7 Å². The van der Waals surface area contributed by atoms with Gasteiger partial charge in [-0.25, -0.2) is 19.9 Å². The SMILES string of the molecule is CNc1cc(-c2cccnc2Nc2c(C)ccc3c(Nc4cc(C(F)(F)F)ccc4C)nccc23)ncn1.